The number of benzene rings is 2. The largest absolute Gasteiger partial charge is 0.481 e. The van der Waals surface area contributed by atoms with Crippen LogP contribution in [0.25, 0.3) is 11.1 Å². The number of thioether (sulfide) groups is 1. The summed E-state index contributed by atoms with van der Waals surface area (Å²) in [6, 6.07) is 15.2. The fourth-order valence-electron chi connectivity index (χ4n) is 4.89. The van der Waals surface area contributed by atoms with Gasteiger partial charge in [0.05, 0.1) is 0 Å². The molecule has 8 heteroatoms. The minimum atomic E-state index is -1.01. The Kier molecular flexibility index (Phi) is 7.46. The molecule has 0 aromatic heterocycles. The van der Waals surface area contributed by atoms with E-state index in [0.29, 0.717) is 13.1 Å². The Bertz CT molecular complexity index is 1020. The van der Waals surface area contributed by atoms with Gasteiger partial charge in [0.25, 0.3) is 0 Å². The molecule has 2 N–H and O–H groups in total. The van der Waals surface area contributed by atoms with E-state index < -0.39 is 18.1 Å². The van der Waals surface area contributed by atoms with Gasteiger partial charge in [-0.3, -0.25) is 9.59 Å². The van der Waals surface area contributed by atoms with E-state index in [1.807, 2.05) is 48.2 Å². The zero-order chi connectivity index (χ0) is 24.2. The SMILES string of the molecule is CC1CN(C(=O)C(CCC(=O)O)NC(=O)OCC2c3ccccc3-c3ccccc32)CC(C)S1. The third-order valence-corrected chi connectivity index (χ3v) is 7.54. The van der Waals surface area contributed by atoms with E-state index >= 15 is 0 Å². The maximum absolute atomic E-state index is 13.2. The zero-order valence-electron chi connectivity index (χ0n) is 19.4. The Morgan fingerprint density at radius 1 is 1.03 bits per heavy atom. The molecule has 7 nitrogen and oxygen atoms in total. The van der Waals surface area contributed by atoms with Gasteiger partial charge in [0.1, 0.15) is 12.6 Å². The number of carboxylic acids is 1. The van der Waals surface area contributed by atoms with E-state index in [4.69, 9.17) is 9.84 Å². The summed E-state index contributed by atoms with van der Waals surface area (Å²) in [5.41, 5.74) is 4.47. The van der Waals surface area contributed by atoms with E-state index in [1.54, 1.807) is 4.90 Å². The van der Waals surface area contributed by atoms with Crippen molar-refractivity contribution in [3.63, 3.8) is 0 Å². The van der Waals surface area contributed by atoms with Crippen LogP contribution < -0.4 is 5.32 Å². The number of aliphatic carboxylic acids is 1. The summed E-state index contributed by atoms with van der Waals surface area (Å²) in [7, 11) is 0. The first-order chi connectivity index (χ1) is 16.3. The topological polar surface area (TPSA) is 95.9 Å². The van der Waals surface area contributed by atoms with Gasteiger partial charge in [-0.15, -0.1) is 0 Å². The van der Waals surface area contributed by atoms with Crippen LogP contribution >= 0.6 is 11.8 Å². The van der Waals surface area contributed by atoms with Crippen LogP contribution in [0.3, 0.4) is 0 Å². The Balaban J connectivity index is 1.43. The van der Waals surface area contributed by atoms with Crippen molar-refractivity contribution in [3.8, 4) is 11.1 Å². The maximum Gasteiger partial charge on any atom is 0.407 e. The number of amides is 2. The molecule has 2 aliphatic rings. The first-order valence-corrected chi connectivity index (χ1v) is 12.5. The predicted octanol–water partition coefficient (Wildman–Crippen LogP) is 4.11. The van der Waals surface area contributed by atoms with Gasteiger partial charge in [-0.05, 0) is 28.7 Å². The van der Waals surface area contributed by atoms with Crippen LogP contribution in [0.2, 0.25) is 0 Å². The Morgan fingerprint density at radius 2 is 1.59 bits per heavy atom. The smallest absolute Gasteiger partial charge is 0.407 e. The number of alkyl carbamates (subject to hydrolysis) is 1. The lowest BCUT2D eigenvalue weighted by molar-refractivity contribution is -0.138. The van der Waals surface area contributed by atoms with Gasteiger partial charge in [-0.1, -0.05) is 62.4 Å². The summed E-state index contributed by atoms with van der Waals surface area (Å²) < 4.78 is 5.58. The minimum absolute atomic E-state index is 0.0186. The van der Waals surface area contributed by atoms with E-state index in [2.05, 4.69) is 31.3 Å². The molecule has 34 heavy (non-hydrogen) atoms. The molecule has 2 amide bonds. The van der Waals surface area contributed by atoms with Crippen LogP contribution in [0.1, 0.15) is 43.7 Å². The van der Waals surface area contributed by atoms with Crippen LogP contribution in [0, 0.1) is 0 Å². The number of fused-ring (bicyclic) bond motifs is 3. The summed E-state index contributed by atoms with van der Waals surface area (Å²) >= 11 is 1.82. The molecule has 2 aromatic rings. The minimum Gasteiger partial charge on any atom is -0.481 e. The van der Waals surface area contributed by atoms with Gasteiger partial charge in [0, 0.05) is 35.9 Å². The van der Waals surface area contributed by atoms with Gasteiger partial charge >= 0.3 is 12.1 Å². The molecular formula is C26H30N2O5S. The molecule has 1 heterocycles. The molecule has 3 atom stereocenters. The van der Waals surface area contributed by atoms with E-state index in [1.165, 1.54) is 0 Å². The molecular weight excluding hydrogens is 452 g/mol. The number of hydrogen-bond donors (Lipinski definition) is 2. The molecule has 0 radical (unpaired) electrons. The first kappa shape index (κ1) is 24.1. The van der Waals surface area contributed by atoms with Crippen LogP contribution in [0.5, 0.6) is 0 Å². The molecule has 0 spiro atoms. The Morgan fingerprint density at radius 3 is 2.15 bits per heavy atom. The Labute approximate surface area is 203 Å². The van der Waals surface area contributed by atoms with E-state index in [0.717, 1.165) is 22.3 Å². The van der Waals surface area contributed by atoms with Crippen LogP contribution in [0.4, 0.5) is 4.79 Å². The van der Waals surface area contributed by atoms with Crippen molar-refractivity contribution in [2.75, 3.05) is 19.7 Å². The van der Waals surface area contributed by atoms with Crippen molar-refractivity contribution in [2.24, 2.45) is 0 Å². The average molecular weight is 483 g/mol. The fraction of sp³-hybridized carbons (Fsp3) is 0.423. The van der Waals surface area contributed by atoms with Gasteiger partial charge < -0.3 is 20.1 Å². The second kappa shape index (κ2) is 10.5. The van der Waals surface area contributed by atoms with Crippen molar-refractivity contribution in [1.82, 2.24) is 10.2 Å². The summed E-state index contributed by atoms with van der Waals surface area (Å²) in [6.07, 6.45) is -0.906. The lowest BCUT2D eigenvalue weighted by atomic mass is 9.98. The number of carbonyl (C=O) groups is 3. The highest BCUT2D eigenvalue weighted by Gasteiger charge is 2.33. The molecule has 0 bridgehead atoms. The van der Waals surface area contributed by atoms with Crippen molar-refractivity contribution in [3.05, 3.63) is 59.7 Å². The second-order valence-corrected chi connectivity index (χ2v) is 10.8. The van der Waals surface area contributed by atoms with Crippen molar-refractivity contribution >= 4 is 29.7 Å². The van der Waals surface area contributed by atoms with Crippen LogP contribution in [0.15, 0.2) is 48.5 Å². The average Bonchev–Trinajstić information content (AvgIpc) is 3.13. The van der Waals surface area contributed by atoms with E-state index in [9.17, 15) is 14.4 Å². The summed E-state index contributed by atoms with van der Waals surface area (Å²) in [4.78, 5) is 38.8. The van der Waals surface area contributed by atoms with Crippen molar-refractivity contribution in [1.29, 1.82) is 0 Å². The van der Waals surface area contributed by atoms with Gasteiger partial charge in [-0.2, -0.15) is 11.8 Å². The lowest BCUT2D eigenvalue weighted by Crippen LogP contribution is -2.53. The van der Waals surface area contributed by atoms with Gasteiger partial charge in [0.15, 0.2) is 0 Å². The van der Waals surface area contributed by atoms with Gasteiger partial charge in [-0.25, -0.2) is 4.79 Å². The Hall–Kier alpha value is -3.00. The zero-order valence-corrected chi connectivity index (χ0v) is 20.2. The second-order valence-electron chi connectivity index (χ2n) is 8.96. The summed E-state index contributed by atoms with van der Waals surface area (Å²) in [5, 5.41) is 12.3. The van der Waals surface area contributed by atoms with Gasteiger partial charge in [0.2, 0.25) is 5.91 Å². The number of carbonyl (C=O) groups excluding carboxylic acids is 2. The summed E-state index contributed by atoms with van der Waals surface area (Å²) in [6.45, 7) is 5.40. The number of rotatable bonds is 7. The van der Waals surface area contributed by atoms with Crippen molar-refractivity contribution < 1.29 is 24.2 Å². The molecule has 0 saturated carbocycles. The molecule has 180 valence electrons. The number of carboxylic acid groups (broad SMARTS) is 1. The molecule has 2 aromatic carbocycles. The molecule has 4 rings (SSSR count). The molecule has 3 unspecified atom stereocenters. The monoisotopic (exact) mass is 482 g/mol. The van der Waals surface area contributed by atoms with E-state index in [-0.39, 0.29) is 41.8 Å². The predicted molar refractivity (Wildman–Crippen MR) is 132 cm³/mol. The normalized spacial score (nSPS) is 20.2. The highest BCUT2D eigenvalue weighted by atomic mass is 32.2. The standard InChI is InChI=1S/C26H30N2O5S/c1-16-13-28(14-17(2)34-16)25(31)23(11-12-24(29)30)27-26(32)33-15-22-20-9-5-3-7-18(20)19-8-4-6-10-21(19)22/h3-10,16-17,22-23H,11-15H2,1-2H3,(H,27,32)(H,29,30). The quantitative estimate of drug-likeness (QED) is 0.617. The fourth-order valence-corrected chi connectivity index (χ4v) is 6.21. The number of hydrogen-bond acceptors (Lipinski definition) is 5. The molecule has 1 aliphatic heterocycles. The number of ether oxygens (including phenoxy) is 1. The van der Waals surface area contributed by atoms with Crippen LogP contribution in [-0.2, 0) is 14.3 Å². The number of nitrogens with zero attached hydrogens (tertiary/aromatic N) is 1. The lowest BCUT2D eigenvalue weighted by Gasteiger charge is -2.36. The van der Waals surface area contributed by atoms with Crippen molar-refractivity contribution in [2.45, 2.75) is 49.1 Å². The highest BCUT2D eigenvalue weighted by molar-refractivity contribution is 8.00. The molecule has 1 fully saturated rings. The number of nitrogens with one attached hydrogen (secondary N) is 1. The maximum atomic E-state index is 13.2. The third kappa shape index (κ3) is 5.38. The third-order valence-electron chi connectivity index (χ3n) is 6.31. The van der Waals surface area contributed by atoms with Crippen LogP contribution in [-0.4, -0.2) is 64.2 Å². The summed E-state index contributed by atoms with van der Waals surface area (Å²) in [5.74, 6) is -1.36. The molecule has 1 saturated heterocycles. The highest BCUT2D eigenvalue weighted by Crippen LogP contribution is 2.44. The molecule has 1 aliphatic carbocycles. The first-order valence-electron chi connectivity index (χ1n) is 11.6.